The molecule has 0 aromatic heterocycles. The summed E-state index contributed by atoms with van der Waals surface area (Å²) in [6.07, 6.45) is 3.30. The monoisotopic (exact) mass is 379 g/mol. The highest BCUT2D eigenvalue weighted by Crippen LogP contribution is 2.24. The highest BCUT2D eigenvalue weighted by Gasteiger charge is 2.34. The van der Waals surface area contributed by atoms with Gasteiger partial charge in [-0.25, -0.2) is 8.42 Å². The lowest BCUT2D eigenvalue weighted by Crippen LogP contribution is -2.51. The van der Waals surface area contributed by atoms with Gasteiger partial charge in [-0.05, 0) is 58.2 Å². The highest BCUT2D eigenvalue weighted by molar-refractivity contribution is 7.89. The molecule has 1 aromatic carbocycles. The molecule has 2 N–H and O–H groups in total. The van der Waals surface area contributed by atoms with Gasteiger partial charge in [0.1, 0.15) is 0 Å². The third-order valence-corrected chi connectivity index (χ3v) is 7.26. The van der Waals surface area contributed by atoms with Crippen LogP contribution in [0.5, 0.6) is 0 Å². The molecule has 3 atom stereocenters. The average Bonchev–Trinajstić information content (AvgIpc) is 2.62. The summed E-state index contributed by atoms with van der Waals surface area (Å²) in [6, 6.07) is 7.48. The molecule has 0 radical (unpaired) electrons. The molecule has 2 aliphatic rings. The van der Waals surface area contributed by atoms with Crippen molar-refractivity contribution in [3.8, 4) is 0 Å². The minimum absolute atomic E-state index is 0.00657. The summed E-state index contributed by atoms with van der Waals surface area (Å²) in [7, 11) is -3.54. The van der Waals surface area contributed by atoms with Gasteiger partial charge in [0.05, 0.1) is 10.8 Å². The molecule has 144 valence electrons. The predicted molar refractivity (Wildman–Crippen MR) is 101 cm³/mol. The van der Waals surface area contributed by atoms with Crippen molar-refractivity contribution < 1.29 is 13.2 Å². The highest BCUT2D eigenvalue weighted by atomic mass is 32.2. The van der Waals surface area contributed by atoms with Gasteiger partial charge in [0.2, 0.25) is 15.9 Å². The Kier molecular flexibility index (Phi) is 5.99. The Labute approximate surface area is 156 Å². The van der Waals surface area contributed by atoms with Crippen LogP contribution in [0.1, 0.15) is 38.2 Å². The van der Waals surface area contributed by atoms with Gasteiger partial charge in [0.15, 0.2) is 0 Å². The van der Waals surface area contributed by atoms with E-state index < -0.39 is 10.0 Å². The molecule has 7 heteroatoms. The van der Waals surface area contributed by atoms with Crippen LogP contribution < -0.4 is 10.6 Å². The van der Waals surface area contributed by atoms with E-state index in [4.69, 9.17) is 0 Å². The van der Waals surface area contributed by atoms with E-state index in [1.807, 2.05) is 6.92 Å². The van der Waals surface area contributed by atoms with Crippen LogP contribution in [-0.2, 0) is 14.8 Å². The number of amides is 1. The van der Waals surface area contributed by atoms with Crippen molar-refractivity contribution in [2.24, 2.45) is 5.92 Å². The first-order valence-corrected chi connectivity index (χ1v) is 10.9. The van der Waals surface area contributed by atoms with Crippen LogP contribution >= 0.6 is 0 Å². The van der Waals surface area contributed by atoms with Crippen LogP contribution in [0.2, 0.25) is 0 Å². The van der Waals surface area contributed by atoms with Gasteiger partial charge in [-0.1, -0.05) is 17.7 Å². The van der Waals surface area contributed by atoms with Crippen molar-refractivity contribution in [1.29, 1.82) is 0 Å². The molecule has 0 saturated carbocycles. The van der Waals surface area contributed by atoms with Crippen molar-refractivity contribution in [2.45, 2.75) is 56.5 Å². The fourth-order valence-corrected chi connectivity index (χ4v) is 5.34. The number of rotatable bonds is 4. The number of carbonyl (C=O) groups excluding carboxylic acids is 1. The first-order valence-electron chi connectivity index (χ1n) is 9.47. The Morgan fingerprint density at radius 2 is 1.96 bits per heavy atom. The van der Waals surface area contributed by atoms with Gasteiger partial charge in [-0.3, -0.25) is 4.79 Å². The molecular formula is C19H29N3O3S. The maximum absolute atomic E-state index is 12.9. The Morgan fingerprint density at radius 3 is 2.65 bits per heavy atom. The fourth-order valence-electron chi connectivity index (χ4n) is 3.82. The van der Waals surface area contributed by atoms with E-state index in [0.29, 0.717) is 23.9 Å². The molecule has 2 fully saturated rings. The number of aryl methyl sites for hydroxylation is 1. The van der Waals surface area contributed by atoms with Gasteiger partial charge in [0, 0.05) is 25.2 Å². The molecule has 2 saturated heterocycles. The summed E-state index contributed by atoms with van der Waals surface area (Å²) in [5.41, 5.74) is 1.02. The van der Waals surface area contributed by atoms with Crippen molar-refractivity contribution in [1.82, 2.24) is 14.9 Å². The molecule has 1 amide bonds. The van der Waals surface area contributed by atoms with Crippen LogP contribution in [-0.4, -0.2) is 50.3 Å². The Morgan fingerprint density at radius 1 is 1.23 bits per heavy atom. The van der Waals surface area contributed by atoms with Gasteiger partial charge < -0.3 is 10.6 Å². The second-order valence-corrected chi connectivity index (χ2v) is 9.54. The quantitative estimate of drug-likeness (QED) is 0.834. The number of hydrogen-bond donors (Lipinski definition) is 2. The fraction of sp³-hybridized carbons (Fsp3) is 0.632. The van der Waals surface area contributed by atoms with E-state index in [2.05, 4.69) is 17.6 Å². The summed E-state index contributed by atoms with van der Waals surface area (Å²) in [4.78, 5) is 13.0. The van der Waals surface area contributed by atoms with Crippen molar-refractivity contribution >= 4 is 15.9 Å². The van der Waals surface area contributed by atoms with E-state index in [-0.39, 0.29) is 24.4 Å². The van der Waals surface area contributed by atoms with E-state index in [1.54, 1.807) is 24.3 Å². The van der Waals surface area contributed by atoms with Gasteiger partial charge >= 0.3 is 0 Å². The number of hydrogen-bond acceptors (Lipinski definition) is 4. The third kappa shape index (κ3) is 4.45. The SMILES string of the molecule is Cc1ccc(S(=O)(=O)N2CCCC(C(=O)NC3CCNC(C)C3)C2)cc1. The summed E-state index contributed by atoms with van der Waals surface area (Å²) in [5, 5.41) is 6.51. The zero-order chi connectivity index (χ0) is 18.7. The maximum Gasteiger partial charge on any atom is 0.243 e. The average molecular weight is 380 g/mol. The Bertz CT molecular complexity index is 733. The standard InChI is InChI=1S/C19H29N3O3S/c1-14-5-7-18(8-6-14)26(24,25)22-11-3-4-16(13-22)19(23)21-17-9-10-20-15(2)12-17/h5-8,15-17,20H,3-4,9-13H2,1-2H3,(H,21,23). The van der Waals surface area contributed by atoms with E-state index >= 15 is 0 Å². The molecule has 0 aliphatic carbocycles. The lowest BCUT2D eigenvalue weighted by molar-refractivity contribution is -0.127. The summed E-state index contributed by atoms with van der Waals surface area (Å²) in [5.74, 6) is -0.276. The largest absolute Gasteiger partial charge is 0.353 e. The van der Waals surface area contributed by atoms with Crippen LogP contribution in [0.3, 0.4) is 0 Å². The number of nitrogens with zero attached hydrogens (tertiary/aromatic N) is 1. The zero-order valence-corrected chi connectivity index (χ0v) is 16.4. The lowest BCUT2D eigenvalue weighted by atomic mass is 9.96. The van der Waals surface area contributed by atoms with E-state index in [9.17, 15) is 13.2 Å². The molecule has 0 bridgehead atoms. The van der Waals surface area contributed by atoms with Gasteiger partial charge in [-0.15, -0.1) is 0 Å². The molecule has 2 heterocycles. The lowest BCUT2D eigenvalue weighted by Gasteiger charge is -2.34. The normalized spacial score (nSPS) is 27.8. The number of benzene rings is 1. The van der Waals surface area contributed by atoms with E-state index in [0.717, 1.165) is 31.4 Å². The van der Waals surface area contributed by atoms with Crippen molar-refractivity contribution in [3.63, 3.8) is 0 Å². The molecular weight excluding hydrogens is 350 g/mol. The van der Waals surface area contributed by atoms with Gasteiger partial charge in [-0.2, -0.15) is 4.31 Å². The van der Waals surface area contributed by atoms with E-state index in [1.165, 1.54) is 4.31 Å². The predicted octanol–water partition coefficient (Wildman–Crippen LogP) is 1.65. The minimum atomic E-state index is -3.54. The smallest absolute Gasteiger partial charge is 0.243 e. The molecule has 6 nitrogen and oxygen atoms in total. The maximum atomic E-state index is 12.9. The molecule has 3 unspecified atom stereocenters. The molecule has 0 spiro atoms. The number of sulfonamides is 1. The Balaban J connectivity index is 1.64. The topological polar surface area (TPSA) is 78.5 Å². The minimum Gasteiger partial charge on any atom is -0.353 e. The Hall–Kier alpha value is -1.44. The number of carbonyl (C=O) groups is 1. The third-order valence-electron chi connectivity index (χ3n) is 5.38. The summed E-state index contributed by atoms with van der Waals surface area (Å²) >= 11 is 0. The number of piperidine rings is 2. The molecule has 2 aliphatic heterocycles. The van der Waals surface area contributed by atoms with Crippen molar-refractivity contribution in [3.05, 3.63) is 29.8 Å². The summed E-state index contributed by atoms with van der Waals surface area (Å²) in [6.45, 7) is 5.70. The van der Waals surface area contributed by atoms with Crippen LogP contribution in [0.25, 0.3) is 0 Å². The second-order valence-electron chi connectivity index (χ2n) is 7.60. The summed E-state index contributed by atoms with van der Waals surface area (Å²) < 4.78 is 27.2. The van der Waals surface area contributed by atoms with Crippen LogP contribution in [0.15, 0.2) is 29.2 Å². The second kappa shape index (κ2) is 8.06. The van der Waals surface area contributed by atoms with Crippen LogP contribution in [0.4, 0.5) is 0 Å². The molecule has 3 rings (SSSR count). The first kappa shape index (κ1) is 19.3. The first-order chi connectivity index (χ1) is 12.4. The van der Waals surface area contributed by atoms with Gasteiger partial charge in [0.25, 0.3) is 0 Å². The molecule has 1 aromatic rings. The van der Waals surface area contributed by atoms with Crippen LogP contribution in [0, 0.1) is 12.8 Å². The zero-order valence-electron chi connectivity index (χ0n) is 15.6. The van der Waals surface area contributed by atoms with Crippen molar-refractivity contribution in [2.75, 3.05) is 19.6 Å². The number of nitrogens with one attached hydrogen (secondary N) is 2. The molecule has 26 heavy (non-hydrogen) atoms.